The molecule has 0 heterocycles. The molecule has 0 radical (unpaired) electrons. The third kappa shape index (κ3) is 6.27. The highest BCUT2D eigenvalue weighted by Crippen LogP contribution is 2.11. The number of nitrogens with two attached hydrogens (primary N) is 1. The smallest absolute Gasteiger partial charge is 0.224 e. The Morgan fingerprint density at radius 2 is 1.86 bits per heavy atom. The zero-order valence-electron chi connectivity index (χ0n) is 13.7. The van der Waals surface area contributed by atoms with Crippen molar-refractivity contribution in [3.8, 4) is 0 Å². The Balaban J connectivity index is 2.30. The van der Waals surface area contributed by atoms with Crippen LogP contribution in [0, 0.1) is 5.92 Å². The second-order valence-electron chi connectivity index (χ2n) is 6.02. The molecule has 0 saturated heterocycles. The Morgan fingerprint density at radius 3 is 2.38 bits per heavy atom. The Kier molecular flexibility index (Phi) is 7.40. The van der Waals surface area contributed by atoms with Gasteiger partial charge in [-0.1, -0.05) is 26.0 Å². The molecule has 3 N–H and O–H groups in total. The van der Waals surface area contributed by atoms with Crippen LogP contribution in [0.5, 0.6) is 0 Å². The van der Waals surface area contributed by atoms with Gasteiger partial charge in [0.05, 0.1) is 0 Å². The topological polar surface area (TPSA) is 58.4 Å². The molecule has 0 aliphatic carbocycles. The van der Waals surface area contributed by atoms with Gasteiger partial charge in [-0.15, -0.1) is 0 Å². The molecule has 0 bridgehead atoms. The van der Waals surface area contributed by atoms with Gasteiger partial charge in [0.2, 0.25) is 5.91 Å². The quantitative estimate of drug-likeness (QED) is 0.774. The summed E-state index contributed by atoms with van der Waals surface area (Å²) in [5, 5.41) is 2.92. The zero-order chi connectivity index (χ0) is 15.8. The van der Waals surface area contributed by atoms with Gasteiger partial charge >= 0.3 is 0 Å². The first-order valence-corrected chi connectivity index (χ1v) is 7.73. The van der Waals surface area contributed by atoms with E-state index in [4.69, 9.17) is 5.73 Å². The molecule has 1 atom stereocenters. The van der Waals surface area contributed by atoms with Crippen molar-refractivity contribution in [1.29, 1.82) is 0 Å². The Morgan fingerprint density at radius 1 is 1.24 bits per heavy atom. The number of rotatable bonds is 8. The van der Waals surface area contributed by atoms with E-state index in [1.807, 2.05) is 24.3 Å². The molecule has 1 rings (SSSR count). The predicted molar refractivity (Wildman–Crippen MR) is 89.1 cm³/mol. The lowest BCUT2D eigenvalue weighted by Crippen LogP contribution is -2.34. The monoisotopic (exact) mass is 291 g/mol. The molecule has 4 heteroatoms. The first-order valence-electron chi connectivity index (χ1n) is 7.73. The van der Waals surface area contributed by atoms with Crippen molar-refractivity contribution in [3.63, 3.8) is 0 Å². The van der Waals surface area contributed by atoms with Crippen LogP contribution in [0.1, 0.15) is 39.2 Å². The number of amides is 1. The molecule has 1 unspecified atom stereocenters. The molecule has 118 valence electrons. The first-order chi connectivity index (χ1) is 9.93. The summed E-state index contributed by atoms with van der Waals surface area (Å²) in [5.41, 5.74) is 7.45. The minimum absolute atomic E-state index is 0.0705. The number of anilines is 1. The van der Waals surface area contributed by atoms with Gasteiger partial charge in [0.15, 0.2) is 0 Å². The molecule has 21 heavy (non-hydrogen) atoms. The lowest BCUT2D eigenvalue weighted by molar-refractivity contribution is -0.116. The highest BCUT2D eigenvalue weighted by Gasteiger charge is 2.13. The second-order valence-corrected chi connectivity index (χ2v) is 6.02. The van der Waals surface area contributed by atoms with E-state index in [1.165, 1.54) is 0 Å². The van der Waals surface area contributed by atoms with Gasteiger partial charge in [0, 0.05) is 24.7 Å². The van der Waals surface area contributed by atoms with E-state index in [1.54, 1.807) is 0 Å². The third-order valence-electron chi connectivity index (χ3n) is 4.05. The van der Waals surface area contributed by atoms with Gasteiger partial charge in [0.1, 0.15) is 0 Å². The SMILES string of the molecule is CC(C)C(C)N(C)CCCC(=O)Nc1ccc(CN)cc1. The van der Waals surface area contributed by atoms with Gasteiger partial charge in [-0.3, -0.25) is 4.79 Å². The van der Waals surface area contributed by atoms with Crippen LogP contribution < -0.4 is 11.1 Å². The number of nitrogens with zero attached hydrogens (tertiary/aromatic N) is 1. The van der Waals surface area contributed by atoms with Crippen molar-refractivity contribution in [2.75, 3.05) is 18.9 Å². The molecule has 0 aliphatic rings. The van der Waals surface area contributed by atoms with Crippen LogP contribution in [0.4, 0.5) is 5.69 Å². The summed E-state index contributed by atoms with van der Waals surface area (Å²) in [7, 11) is 2.12. The molecular formula is C17H29N3O. The lowest BCUT2D eigenvalue weighted by Gasteiger charge is -2.27. The van der Waals surface area contributed by atoms with Crippen LogP contribution >= 0.6 is 0 Å². The summed E-state index contributed by atoms with van der Waals surface area (Å²) in [4.78, 5) is 14.2. The Labute approximate surface area is 128 Å². The zero-order valence-corrected chi connectivity index (χ0v) is 13.7. The van der Waals surface area contributed by atoms with Crippen molar-refractivity contribution < 1.29 is 4.79 Å². The fraction of sp³-hybridized carbons (Fsp3) is 0.588. The Hall–Kier alpha value is -1.39. The normalized spacial score (nSPS) is 12.7. The number of carbonyl (C=O) groups excluding carboxylic acids is 1. The second kappa shape index (κ2) is 8.80. The van der Waals surface area contributed by atoms with Crippen molar-refractivity contribution in [1.82, 2.24) is 4.90 Å². The van der Waals surface area contributed by atoms with Crippen LogP contribution in [0.2, 0.25) is 0 Å². The molecule has 0 fully saturated rings. The van der Waals surface area contributed by atoms with Gasteiger partial charge in [0.25, 0.3) is 0 Å². The van der Waals surface area contributed by atoms with Crippen LogP contribution in [0.15, 0.2) is 24.3 Å². The third-order valence-corrected chi connectivity index (χ3v) is 4.05. The van der Waals surface area contributed by atoms with E-state index >= 15 is 0 Å². The summed E-state index contributed by atoms with van der Waals surface area (Å²) in [6.07, 6.45) is 1.42. The van der Waals surface area contributed by atoms with Gasteiger partial charge in [-0.2, -0.15) is 0 Å². The maximum Gasteiger partial charge on any atom is 0.224 e. The van der Waals surface area contributed by atoms with Crippen molar-refractivity contribution in [2.24, 2.45) is 11.7 Å². The summed E-state index contributed by atoms with van der Waals surface area (Å²) in [6.45, 7) is 8.13. The highest BCUT2D eigenvalue weighted by molar-refractivity contribution is 5.90. The summed E-state index contributed by atoms with van der Waals surface area (Å²) in [6, 6.07) is 8.21. The van der Waals surface area contributed by atoms with E-state index in [0.717, 1.165) is 24.2 Å². The van der Waals surface area contributed by atoms with E-state index < -0.39 is 0 Å². The summed E-state index contributed by atoms with van der Waals surface area (Å²) < 4.78 is 0. The van der Waals surface area contributed by atoms with Crippen LogP contribution in [0.3, 0.4) is 0 Å². The fourth-order valence-electron chi connectivity index (χ4n) is 2.15. The Bertz CT molecular complexity index is 428. The molecule has 0 spiro atoms. The predicted octanol–water partition coefficient (Wildman–Crippen LogP) is 2.84. The average molecular weight is 291 g/mol. The van der Waals surface area contributed by atoms with Gasteiger partial charge in [-0.05, 0) is 50.6 Å². The molecule has 0 aliphatic heterocycles. The van der Waals surface area contributed by atoms with E-state index in [0.29, 0.717) is 24.9 Å². The van der Waals surface area contributed by atoms with E-state index in [9.17, 15) is 4.79 Å². The minimum atomic E-state index is 0.0705. The summed E-state index contributed by atoms with van der Waals surface area (Å²) >= 11 is 0. The molecule has 1 aromatic rings. The molecular weight excluding hydrogens is 262 g/mol. The number of carbonyl (C=O) groups is 1. The van der Waals surface area contributed by atoms with Crippen molar-refractivity contribution >= 4 is 11.6 Å². The number of nitrogens with one attached hydrogen (secondary N) is 1. The maximum atomic E-state index is 11.9. The maximum absolute atomic E-state index is 11.9. The van der Waals surface area contributed by atoms with E-state index in [2.05, 4.69) is 38.0 Å². The fourth-order valence-corrected chi connectivity index (χ4v) is 2.15. The number of hydrogen-bond acceptors (Lipinski definition) is 3. The average Bonchev–Trinajstić information content (AvgIpc) is 2.46. The highest BCUT2D eigenvalue weighted by atomic mass is 16.1. The standard InChI is InChI=1S/C17H29N3O/c1-13(2)14(3)20(4)11-5-6-17(21)19-16-9-7-15(12-18)8-10-16/h7-10,13-14H,5-6,11-12,18H2,1-4H3,(H,19,21). The largest absolute Gasteiger partial charge is 0.326 e. The van der Waals surface area contributed by atoms with Gasteiger partial charge in [-0.25, -0.2) is 0 Å². The molecule has 0 aromatic heterocycles. The number of benzene rings is 1. The molecule has 1 aromatic carbocycles. The molecule has 4 nitrogen and oxygen atoms in total. The van der Waals surface area contributed by atoms with Crippen LogP contribution in [-0.4, -0.2) is 30.4 Å². The lowest BCUT2D eigenvalue weighted by atomic mass is 10.1. The van der Waals surface area contributed by atoms with Crippen LogP contribution in [-0.2, 0) is 11.3 Å². The molecule has 0 saturated carbocycles. The summed E-state index contributed by atoms with van der Waals surface area (Å²) in [5.74, 6) is 0.700. The van der Waals surface area contributed by atoms with Crippen LogP contribution in [0.25, 0.3) is 0 Å². The molecule has 1 amide bonds. The first kappa shape index (κ1) is 17.7. The van der Waals surface area contributed by atoms with Crippen molar-refractivity contribution in [3.05, 3.63) is 29.8 Å². The minimum Gasteiger partial charge on any atom is -0.326 e. The number of hydrogen-bond donors (Lipinski definition) is 2. The van der Waals surface area contributed by atoms with Crippen molar-refractivity contribution in [2.45, 2.75) is 46.2 Å². The van der Waals surface area contributed by atoms with Gasteiger partial charge < -0.3 is 16.0 Å². The van der Waals surface area contributed by atoms with E-state index in [-0.39, 0.29) is 5.91 Å².